The van der Waals surface area contributed by atoms with E-state index in [1.165, 1.54) is 12.0 Å². The molecule has 20 heavy (non-hydrogen) atoms. The average molecular weight is 299 g/mol. The monoisotopic (exact) mass is 299 g/mol. The Morgan fingerprint density at radius 2 is 2.30 bits per heavy atom. The van der Waals surface area contributed by atoms with Crippen LogP contribution in [0.4, 0.5) is 0 Å². The minimum Gasteiger partial charge on any atom is -0.468 e. The molecule has 0 aliphatic rings. The normalized spacial score (nSPS) is 14.0. The molecule has 1 rings (SSSR count). The van der Waals surface area contributed by atoms with Crippen LogP contribution < -0.4 is 5.32 Å². The number of unbranched alkanes of at least 4 members (excludes halogenated alkanes) is 1. The minimum absolute atomic E-state index is 0.181. The van der Waals surface area contributed by atoms with E-state index in [0.29, 0.717) is 0 Å². The summed E-state index contributed by atoms with van der Waals surface area (Å²) >= 11 is 1.80. The van der Waals surface area contributed by atoms with Crippen molar-refractivity contribution in [3.8, 4) is 0 Å². The predicted octanol–water partition coefficient (Wildman–Crippen LogP) is 2.22. The number of nitrogens with one attached hydrogen (secondary N) is 1. The van der Waals surface area contributed by atoms with E-state index in [9.17, 15) is 4.79 Å². The van der Waals surface area contributed by atoms with Crippen molar-refractivity contribution in [2.24, 2.45) is 7.05 Å². The molecule has 0 aliphatic heterocycles. The smallest absolute Gasteiger partial charge is 0.325 e. The fourth-order valence-corrected chi connectivity index (χ4v) is 3.05. The Morgan fingerprint density at radius 1 is 1.55 bits per heavy atom. The van der Waals surface area contributed by atoms with Gasteiger partial charge in [0.15, 0.2) is 0 Å². The molecule has 1 unspecified atom stereocenters. The van der Waals surface area contributed by atoms with Crippen LogP contribution in [0.15, 0.2) is 17.3 Å². The van der Waals surface area contributed by atoms with Crippen LogP contribution in [0.2, 0.25) is 0 Å². The Balaban J connectivity index is 2.28. The van der Waals surface area contributed by atoms with Crippen LogP contribution in [0.5, 0.6) is 0 Å². The first-order valence-electron chi connectivity index (χ1n) is 6.96. The highest BCUT2D eigenvalue weighted by molar-refractivity contribution is 7.99. The lowest BCUT2D eigenvalue weighted by Gasteiger charge is -2.27. The van der Waals surface area contributed by atoms with Crippen LogP contribution in [0.25, 0.3) is 0 Å². The van der Waals surface area contributed by atoms with Crippen molar-refractivity contribution in [2.75, 3.05) is 19.4 Å². The van der Waals surface area contributed by atoms with Crippen molar-refractivity contribution < 1.29 is 9.53 Å². The number of rotatable bonds is 9. The van der Waals surface area contributed by atoms with Gasteiger partial charge in [-0.3, -0.25) is 9.48 Å². The number of nitrogens with zero attached hydrogens (tertiary/aromatic N) is 2. The number of hydrogen-bond donors (Lipinski definition) is 1. The van der Waals surface area contributed by atoms with E-state index in [2.05, 4.69) is 10.4 Å². The molecule has 0 fully saturated rings. The fourth-order valence-electron chi connectivity index (χ4n) is 2.12. The molecule has 114 valence electrons. The second-order valence-electron chi connectivity index (χ2n) is 5.01. The Bertz CT molecular complexity index is 422. The van der Waals surface area contributed by atoms with Gasteiger partial charge in [0.05, 0.1) is 13.3 Å². The summed E-state index contributed by atoms with van der Waals surface area (Å²) in [5, 5.41) is 7.36. The van der Waals surface area contributed by atoms with E-state index in [0.717, 1.165) is 31.6 Å². The first kappa shape index (κ1) is 17.0. The molecule has 1 atom stereocenters. The number of ether oxygens (including phenoxy) is 1. The van der Waals surface area contributed by atoms with E-state index in [-0.39, 0.29) is 5.97 Å². The molecule has 0 saturated heterocycles. The summed E-state index contributed by atoms with van der Waals surface area (Å²) in [5.74, 6) is 0.856. The molecule has 0 bridgehead atoms. The van der Waals surface area contributed by atoms with Gasteiger partial charge >= 0.3 is 5.97 Å². The first-order chi connectivity index (χ1) is 9.51. The first-order valence-corrected chi connectivity index (χ1v) is 7.95. The molecule has 0 saturated carbocycles. The summed E-state index contributed by atoms with van der Waals surface area (Å²) in [6.45, 7) is 4.67. The van der Waals surface area contributed by atoms with Gasteiger partial charge in [0.2, 0.25) is 0 Å². The Kier molecular flexibility index (Phi) is 7.09. The lowest BCUT2D eigenvalue weighted by Crippen LogP contribution is -2.50. The highest BCUT2D eigenvalue weighted by atomic mass is 32.2. The van der Waals surface area contributed by atoms with Crippen LogP contribution in [0, 0.1) is 0 Å². The number of hydrogen-bond acceptors (Lipinski definition) is 5. The number of thioether (sulfide) groups is 1. The molecule has 5 nitrogen and oxygen atoms in total. The Morgan fingerprint density at radius 3 is 2.85 bits per heavy atom. The topological polar surface area (TPSA) is 56.2 Å². The number of likely N-dealkylation sites (N-methyl/N-ethyl adjacent to an activating group) is 1. The Hall–Kier alpha value is -1.01. The van der Waals surface area contributed by atoms with Crippen LogP contribution in [0.3, 0.4) is 0 Å². The maximum Gasteiger partial charge on any atom is 0.325 e. The number of carbonyl (C=O) groups is 1. The van der Waals surface area contributed by atoms with E-state index in [4.69, 9.17) is 4.74 Å². The highest BCUT2D eigenvalue weighted by Gasteiger charge is 2.32. The summed E-state index contributed by atoms with van der Waals surface area (Å²) in [7, 11) is 3.36. The summed E-state index contributed by atoms with van der Waals surface area (Å²) in [6.07, 6.45) is 6.74. The molecule has 6 heteroatoms. The van der Waals surface area contributed by atoms with Crippen molar-refractivity contribution in [1.29, 1.82) is 0 Å². The molecule has 0 aliphatic carbocycles. The maximum atomic E-state index is 11.8. The highest BCUT2D eigenvalue weighted by Crippen LogP contribution is 2.21. The number of methoxy groups -OCH3 is 1. The number of esters is 1. The summed E-state index contributed by atoms with van der Waals surface area (Å²) in [4.78, 5) is 13.0. The van der Waals surface area contributed by atoms with E-state index in [1.807, 2.05) is 38.0 Å². The number of aryl methyl sites for hydroxylation is 1. The SMILES string of the molecule is CCNC(C)(CCCCSc1cnn(C)c1)C(=O)OC. The van der Waals surface area contributed by atoms with Crippen LogP contribution in [-0.4, -0.2) is 40.7 Å². The van der Waals surface area contributed by atoms with Crippen molar-refractivity contribution in [2.45, 2.75) is 43.5 Å². The van der Waals surface area contributed by atoms with E-state index < -0.39 is 5.54 Å². The van der Waals surface area contributed by atoms with Gasteiger partial charge in [0, 0.05) is 18.1 Å². The third-order valence-corrected chi connectivity index (χ3v) is 4.26. The molecule has 0 aromatic carbocycles. The molecule has 1 N–H and O–H groups in total. The van der Waals surface area contributed by atoms with Gasteiger partial charge in [0.1, 0.15) is 5.54 Å². The Labute approximate surface area is 125 Å². The predicted molar refractivity (Wildman–Crippen MR) is 81.9 cm³/mol. The van der Waals surface area contributed by atoms with Gasteiger partial charge in [-0.25, -0.2) is 0 Å². The molecule has 0 radical (unpaired) electrons. The van der Waals surface area contributed by atoms with Crippen molar-refractivity contribution in [3.63, 3.8) is 0 Å². The maximum absolute atomic E-state index is 11.8. The standard InChI is InChI=1S/C14H25N3O2S/c1-5-15-14(2,13(18)19-4)8-6-7-9-20-12-10-16-17(3)11-12/h10-11,15H,5-9H2,1-4H3. The zero-order valence-electron chi connectivity index (χ0n) is 12.8. The third kappa shape index (κ3) is 5.17. The molecule has 1 aromatic heterocycles. The van der Waals surface area contributed by atoms with Crippen molar-refractivity contribution in [3.05, 3.63) is 12.4 Å². The number of aromatic nitrogens is 2. The minimum atomic E-state index is -0.567. The van der Waals surface area contributed by atoms with E-state index >= 15 is 0 Å². The van der Waals surface area contributed by atoms with Gasteiger partial charge < -0.3 is 10.1 Å². The molecular formula is C14H25N3O2S. The van der Waals surface area contributed by atoms with Crippen molar-refractivity contribution >= 4 is 17.7 Å². The lowest BCUT2D eigenvalue weighted by atomic mass is 9.95. The van der Waals surface area contributed by atoms with Crippen LogP contribution >= 0.6 is 11.8 Å². The van der Waals surface area contributed by atoms with Crippen molar-refractivity contribution in [1.82, 2.24) is 15.1 Å². The molecule has 1 aromatic rings. The van der Waals surface area contributed by atoms with Gasteiger partial charge in [-0.2, -0.15) is 5.10 Å². The molecule has 0 amide bonds. The van der Waals surface area contributed by atoms with E-state index in [1.54, 1.807) is 11.8 Å². The van der Waals surface area contributed by atoms with Crippen LogP contribution in [0.1, 0.15) is 33.1 Å². The summed E-state index contributed by atoms with van der Waals surface area (Å²) < 4.78 is 6.69. The fraction of sp³-hybridized carbons (Fsp3) is 0.714. The van der Waals surface area contributed by atoms with Gasteiger partial charge in [0.25, 0.3) is 0 Å². The average Bonchev–Trinajstić information content (AvgIpc) is 2.83. The van der Waals surface area contributed by atoms with Gasteiger partial charge in [-0.15, -0.1) is 11.8 Å². The molecular weight excluding hydrogens is 274 g/mol. The molecule has 1 heterocycles. The second kappa shape index (κ2) is 8.32. The van der Waals surface area contributed by atoms with Gasteiger partial charge in [-0.1, -0.05) is 13.3 Å². The quantitative estimate of drug-likeness (QED) is 0.430. The van der Waals surface area contributed by atoms with Gasteiger partial charge in [-0.05, 0) is 32.1 Å². The number of carbonyl (C=O) groups excluding carboxylic acids is 1. The van der Waals surface area contributed by atoms with Crippen LogP contribution in [-0.2, 0) is 16.6 Å². The zero-order valence-corrected chi connectivity index (χ0v) is 13.6. The summed E-state index contributed by atoms with van der Waals surface area (Å²) in [5.41, 5.74) is -0.567. The third-order valence-electron chi connectivity index (χ3n) is 3.22. The summed E-state index contributed by atoms with van der Waals surface area (Å²) in [6, 6.07) is 0. The largest absolute Gasteiger partial charge is 0.468 e. The zero-order chi connectivity index (χ0) is 15.0. The lowest BCUT2D eigenvalue weighted by molar-refractivity contribution is -0.148. The molecule has 0 spiro atoms. The second-order valence-corrected chi connectivity index (χ2v) is 6.18.